The van der Waals surface area contributed by atoms with E-state index in [2.05, 4.69) is 6.07 Å². The average Bonchev–Trinajstić information content (AvgIpc) is 1.65. The van der Waals surface area contributed by atoms with E-state index in [1.807, 2.05) is 20.0 Å². The molecule has 0 heterocycles. The number of halogens is 1. The average molecular weight is 162 g/mol. The van der Waals surface area contributed by atoms with Gasteiger partial charge >= 0.3 is 0 Å². The van der Waals surface area contributed by atoms with Gasteiger partial charge < -0.3 is 0 Å². The fraction of sp³-hybridized carbons (Fsp3) is 0.833. The van der Waals surface area contributed by atoms with Gasteiger partial charge in [-0.2, -0.15) is 16.3 Å². The Morgan fingerprint density at radius 3 is 2.11 bits per heavy atom. The van der Waals surface area contributed by atoms with Crippen molar-refractivity contribution in [2.24, 2.45) is 0 Å². The highest BCUT2D eigenvalue weighted by Crippen LogP contribution is 2.27. The molecule has 0 amide bonds. The Labute approximate surface area is 62.3 Å². The smallest absolute Gasteiger partial charge is 0.167 e. The lowest BCUT2D eigenvalue weighted by Crippen LogP contribution is -2.23. The Bertz CT molecular complexity index is 122. The standard InChI is InChI=1S/C6H12ClNSi/c1-4-6(5-8)9(2,3)7/h6H,4H2,1-3H3. The largest absolute Gasteiger partial charge is 0.198 e. The Morgan fingerprint density at radius 2 is 2.11 bits per heavy atom. The van der Waals surface area contributed by atoms with Crippen LogP contribution in [0.5, 0.6) is 0 Å². The van der Waals surface area contributed by atoms with Crippen molar-refractivity contribution in [2.45, 2.75) is 32.0 Å². The molecule has 0 aromatic carbocycles. The van der Waals surface area contributed by atoms with E-state index in [1.54, 1.807) is 0 Å². The summed E-state index contributed by atoms with van der Waals surface area (Å²) in [6.45, 7) is 6.02. The molecule has 9 heavy (non-hydrogen) atoms. The van der Waals surface area contributed by atoms with Gasteiger partial charge in [0.15, 0.2) is 7.38 Å². The van der Waals surface area contributed by atoms with Crippen molar-refractivity contribution in [3.8, 4) is 6.07 Å². The van der Waals surface area contributed by atoms with Crippen LogP contribution in [-0.2, 0) is 0 Å². The van der Waals surface area contributed by atoms with Crippen molar-refractivity contribution in [1.29, 1.82) is 5.26 Å². The fourth-order valence-corrected chi connectivity index (χ4v) is 2.62. The van der Waals surface area contributed by atoms with Gasteiger partial charge in [0.1, 0.15) is 0 Å². The van der Waals surface area contributed by atoms with Crippen LogP contribution in [0, 0.1) is 11.3 Å². The van der Waals surface area contributed by atoms with E-state index in [4.69, 9.17) is 16.3 Å². The molecule has 0 radical (unpaired) electrons. The molecule has 0 aliphatic carbocycles. The molecule has 0 aliphatic rings. The third-order valence-corrected chi connectivity index (χ3v) is 4.38. The molecule has 0 aliphatic heterocycles. The van der Waals surface area contributed by atoms with Crippen LogP contribution in [0.3, 0.4) is 0 Å². The first-order valence-corrected chi connectivity index (χ1v) is 7.19. The van der Waals surface area contributed by atoms with Crippen LogP contribution >= 0.6 is 11.1 Å². The summed E-state index contributed by atoms with van der Waals surface area (Å²) in [7, 11) is -1.68. The lowest BCUT2D eigenvalue weighted by molar-refractivity contribution is 0.936. The number of nitrogens with zero attached hydrogens (tertiary/aromatic N) is 1. The van der Waals surface area contributed by atoms with Crippen LogP contribution in [0.2, 0.25) is 18.6 Å². The van der Waals surface area contributed by atoms with E-state index in [-0.39, 0.29) is 5.54 Å². The van der Waals surface area contributed by atoms with Crippen molar-refractivity contribution in [3.63, 3.8) is 0 Å². The normalized spacial score (nSPS) is 14.6. The van der Waals surface area contributed by atoms with Crippen LogP contribution < -0.4 is 0 Å². The summed E-state index contributed by atoms with van der Waals surface area (Å²) >= 11 is 6.02. The molecule has 0 N–H and O–H groups in total. The van der Waals surface area contributed by atoms with Gasteiger partial charge in [0.25, 0.3) is 0 Å². The maximum Gasteiger partial charge on any atom is 0.167 e. The minimum absolute atomic E-state index is 0.110. The van der Waals surface area contributed by atoms with Gasteiger partial charge in [0.2, 0.25) is 0 Å². The molecule has 0 fully saturated rings. The Kier molecular flexibility index (Phi) is 3.24. The zero-order valence-electron chi connectivity index (χ0n) is 6.11. The van der Waals surface area contributed by atoms with E-state index in [0.717, 1.165) is 6.42 Å². The summed E-state index contributed by atoms with van der Waals surface area (Å²) in [5, 5.41) is 8.56. The zero-order valence-corrected chi connectivity index (χ0v) is 7.87. The lowest BCUT2D eigenvalue weighted by atomic mass is 10.4. The fourth-order valence-electron chi connectivity index (χ4n) is 0.730. The monoisotopic (exact) mass is 161 g/mol. The minimum Gasteiger partial charge on any atom is -0.198 e. The second-order valence-corrected chi connectivity index (χ2v) is 9.40. The molecule has 3 heteroatoms. The van der Waals surface area contributed by atoms with Gasteiger partial charge in [0, 0.05) is 0 Å². The first kappa shape index (κ1) is 9.00. The van der Waals surface area contributed by atoms with Gasteiger partial charge in [-0.05, 0) is 6.42 Å². The van der Waals surface area contributed by atoms with Crippen molar-refractivity contribution < 1.29 is 0 Å². The summed E-state index contributed by atoms with van der Waals surface area (Å²) in [6.07, 6.45) is 0.888. The van der Waals surface area contributed by atoms with Crippen LogP contribution in [-0.4, -0.2) is 7.38 Å². The zero-order chi connectivity index (χ0) is 7.49. The van der Waals surface area contributed by atoms with Crippen LogP contribution in [0.4, 0.5) is 0 Å². The number of hydrogen-bond acceptors (Lipinski definition) is 1. The number of rotatable bonds is 2. The van der Waals surface area contributed by atoms with E-state index >= 15 is 0 Å². The van der Waals surface area contributed by atoms with Crippen molar-refractivity contribution in [1.82, 2.24) is 0 Å². The molecular formula is C6H12ClNSi. The Balaban J connectivity index is 4.00. The van der Waals surface area contributed by atoms with Gasteiger partial charge in [-0.3, -0.25) is 0 Å². The Hall–Kier alpha value is -0.00312. The minimum atomic E-state index is -1.68. The third-order valence-electron chi connectivity index (χ3n) is 1.39. The predicted octanol–water partition coefficient (Wildman–Crippen LogP) is 2.73. The summed E-state index contributed by atoms with van der Waals surface area (Å²) in [5.41, 5.74) is 0.110. The Morgan fingerprint density at radius 1 is 1.67 bits per heavy atom. The summed E-state index contributed by atoms with van der Waals surface area (Å²) < 4.78 is 0. The van der Waals surface area contributed by atoms with Crippen LogP contribution in [0.25, 0.3) is 0 Å². The molecule has 52 valence electrons. The van der Waals surface area contributed by atoms with Gasteiger partial charge in [-0.1, -0.05) is 20.0 Å². The molecule has 0 bridgehead atoms. The molecule has 0 rings (SSSR count). The second kappa shape index (κ2) is 3.24. The molecule has 0 saturated heterocycles. The van der Waals surface area contributed by atoms with Crippen molar-refractivity contribution in [2.75, 3.05) is 0 Å². The van der Waals surface area contributed by atoms with Crippen LogP contribution in [0.15, 0.2) is 0 Å². The molecule has 1 atom stereocenters. The summed E-state index contributed by atoms with van der Waals surface area (Å²) in [6, 6.07) is 2.22. The molecule has 1 nitrogen and oxygen atoms in total. The predicted molar refractivity (Wildman–Crippen MR) is 43.0 cm³/mol. The van der Waals surface area contributed by atoms with Crippen molar-refractivity contribution >= 4 is 18.5 Å². The topological polar surface area (TPSA) is 23.8 Å². The molecule has 0 spiro atoms. The first-order chi connectivity index (χ1) is 4.02. The SMILES string of the molecule is CCC(C#N)[Si](C)(C)Cl. The highest BCUT2D eigenvalue weighted by molar-refractivity contribution is 7.20. The van der Waals surface area contributed by atoms with E-state index in [9.17, 15) is 0 Å². The highest BCUT2D eigenvalue weighted by atomic mass is 35.6. The summed E-state index contributed by atoms with van der Waals surface area (Å²) in [5.74, 6) is 0. The molecule has 1 unspecified atom stereocenters. The second-order valence-electron chi connectivity index (χ2n) is 2.65. The molecule has 0 aromatic heterocycles. The van der Waals surface area contributed by atoms with Gasteiger partial charge in [-0.15, -0.1) is 0 Å². The summed E-state index contributed by atoms with van der Waals surface area (Å²) in [4.78, 5) is 0. The highest BCUT2D eigenvalue weighted by Gasteiger charge is 2.27. The maximum atomic E-state index is 8.56. The first-order valence-electron chi connectivity index (χ1n) is 3.11. The van der Waals surface area contributed by atoms with Crippen LogP contribution in [0.1, 0.15) is 13.3 Å². The third kappa shape index (κ3) is 2.88. The van der Waals surface area contributed by atoms with E-state index < -0.39 is 7.38 Å². The quantitative estimate of drug-likeness (QED) is 0.452. The van der Waals surface area contributed by atoms with Gasteiger partial charge in [0.05, 0.1) is 11.6 Å². The lowest BCUT2D eigenvalue weighted by Gasteiger charge is -2.16. The number of hydrogen-bond donors (Lipinski definition) is 0. The van der Waals surface area contributed by atoms with E-state index in [1.165, 1.54) is 0 Å². The molecule has 0 aromatic rings. The van der Waals surface area contributed by atoms with Crippen molar-refractivity contribution in [3.05, 3.63) is 0 Å². The number of nitriles is 1. The molecule has 0 saturated carbocycles. The van der Waals surface area contributed by atoms with E-state index in [0.29, 0.717) is 0 Å². The molecular weight excluding hydrogens is 150 g/mol. The maximum absolute atomic E-state index is 8.56. The van der Waals surface area contributed by atoms with Gasteiger partial charge in [-0.25, -0.2) is 0 Å².